The summed E-state index contributed by atoms with van der Waals surface area (Å²) in [5, 5.41) is 2.28. The summed E-state index contributed by atoms with van der Waals surface area (Å²) in [6.45, 7) is 1.85. The molecule has 0 aliphatic rings. The number of ether oxygens (including phenoxy) is 1. The highest BCUT2D eigenvalue weighted by Gasteiger charge is 2.23. The van der Waals surface area contributed by atoms with E-state index in [1.165, 1.54) is 0 Å². The molecule has 0 radical (unpaired) electrons. The SMILES string of the molecule is COc1ccc(-c2[nH]c3ccc(Cl)cc3c2-c2oc(C)nc2-c2ccc(Cl)cc2)cc1. The molecule has 0 bridgehead atoms. The molecule has 5 aromatic rings. The molecule has 1 N–H and O–H groups in total. The van der Waals surface area contributed by atoms with Crippen LogP contribution >= 0.6 is 23.2 Å². The minimum Gasteiger partial charge on any atom is -0.497 e. The van der Waals surface area contributed by atoms with Gasteiger partial charge in [0.25, 0.3) is 0 Å². The number of oxazole rings is 1. The van der Waals surface area contributed by atoms with E-state index in [4.69, 9.17) is 32.4 Å². The lowest BCUT2D eigenvalue weighted by molar-refractivity contribution is 0.415. The van der Waals surface area contributed by atoms with E-state index in [-0.39, 0.29) is 0 Å². The highest BCUT2D eigenvalue weighted by atomic mass is 35.5. The number of hydrogen-bond donors (Lipinski definition) is 1. The van der Waals surface area contributed by atoms with E-state index in [9.17, 15) is 0 Å². The Bertz CT molecular complexity index is 1380. The van der Waals surface area contributed by atoms with Crippen LogP contribution in [0, 0.1) is 6.92 Å². The number of halogens is 2. The van der Waals surface area contributed by atoms with Gasteiger partial charge >= 0.3 is 0 Å². The van der Waals surface area contributed by atoms with Crippen molar-refractivity contribution in [1.82, 2.24) is 9.97 Å². The van der Waals surface area contributed by atoms with E-state index in [2.05, 4.69) is 9.97 Å². The standard InChI is InChI=1S/C25H18Cl2N2O2/c1-14-28-24(16-3-7-17(26)8-4-16)25(31-14)22-20-13-18(27)9-12-21(20)29-23(22)15-5-10-19(30-2)11-6-15/h3-13,29H,1-2H3. The second kappa shape index (κ2) is 7.80. The summed E-state index contributed by atoms with van der Waals surface area (Å²) in [6, 6.07) is 21.3. The largest absolute Gasteiger partial charge is 0.497 e. The number of rotatable bonds is 4. The number of benzene rings is 3. The van der Waals surface area contributed by atoms with Crippen LogP contribution in [0.4, 0.5) is 0 Å². The second-order valence-corrected chi connectivity index (χ2v) is 8.08. The van der Waals surface area contributed by atoms with E-state index >= 15 is 0 Å². The molecule has 6 heteroatoms. The van der Waals surface area contributed by atoms with Crippen molar-refractivity contribution < 1.29 is 9.15 Å². The van der Waals surface area contributed by atoms with E-state index in [1.807, 2.05) is 73.7 Å². The van der Waals surface area contributed by atoms with Gasteiger partial charge < -0.3 is 14.1 Å². The quantitative estimate of drug-likeness (QED) is 0.305. The van der Waals surface area contributed by atoms with Gasteiger partial charge in [0, 0.05) is 33.4 Å². The van der Waals surface area contributed by atoms with E-state index < -0.39 is 0 Å². The first kappa shape index (κ1) is 19.7. The van der Waals surface area contributed by atoms with Crippen molar-refractivity contribution >= 4 is 34.1 Å². The summed E-state index contributed by atoms with van der Waals surface area (Å²) in [7, 11) is 1.65. The Morgan fingerprint density at radius 3 is 2.26 bits per heavy atom. The number of fused-ring (bicyclic) bond motifs is 1. The van der Waals surface area contributed by atoms with Gasteiger partial charge in [-0.3, -0.25) is 0 Å². The molecule has 4 nitrogen and oxygen atoms in total. The highest BCUT2D eigenvalue weighted by molar-refractivity contribution is 6.31. The fourth-order valence-corrected chi connectivity index (χ4v) is 4.07. The van der Waals surface area contributed by atoms with Gasteiger partial charge in [-0.05, 0) is 60.2 Å². The molecule has 0 fully saturated rings. The number of nitrogens with one attached hydrogen (secondary N) is 1. The van der Waals surface area contributed by atoms with Crippen molar-refractivity contribution in [2.75, 3.05) is 7.11 Å². The molecule has 154 valence electrons. The Morgan fingerprint density at radius 1 is 0.871 bits per heavy atom. The van der Waals surface area contributed by atoms with Gasteiger partial charge in [-0.2, -0.15) is 0 Å². The molecular formula is C25H18Cl2N2O2. The number of nitrogens with zero attached hydrogens (tertiary/aromatic N) is 1. The zero-order chi connectivity index (χ0) is 21.5. The van der Waals surface area contributed by atoms with Crippen molar-refractivity contribution in [1.29, 1.82) is 0 Å². The Balaban J connectivity index is 1.80. The summed E-state index contributed by atoms with van der Waals surface area (Å²) in [4.78, 5) is 8.21. The third-order valence-corrected chi connectivity index (χ3v) is 5.71. The van der Waals surface area contributed by atoms with Crippen LogP contribution in [-0.4, -0.2) is 17.1 Å². The summed E-state index contributed by atoms with van der Waals surface area (Å²) in [5.74, 6) is 2.05. The minimum atomic E-state index is 0.581. The van der Waals surface area contributed by atoms with Crippen LogP contribution in [0.15, 0.2) is 71.1 Å². The van der Waals surface area contributed by atoms with Gasteiger partial charge in [-0.25, -0.2) is 4.98 Å². The molecule has 0 spiro atoms. The monoisotopic (exact) mass is 448 g/mol. The van der Waals surface area contributed by atoms with Gasteiger partial charge in [-0.15, -0.1) is 0 Å². The normalized spacial score (nSPS) is 11.2. The molecule has 5 rings (SSSR count). The Hall–Kier alpha value is -3.21. The molecule has 2 heterocycles. The fourth-order valence-electron chi connectivity index (χ4n) is 3.77. The summed E-state index contributed by atoms with van der Waals surface area (Å²) in [6.07, 6.45) is 0. The number of H-pyrrole nitrogens is 1. The topological polar surface area (TPSA) is 51.0 Å². The van der Waals surface area contributed by atoms with Crippen LogP contribution in [0.5, 0.6) is 5.75 Å². The molecule has 0 atom stereocenters. The van der Waals surface area contributed by atoms with Gasteiger partial charge in [0.05, 0.1) is 18.4 Å². The Kier molecular flexibility index (Phi) is 4.97. The molecule has 0 unspecified atom stereocenters. The maximum absolute atomic E-state index is 6.36. The van der Waals surface area contributed by atoms with E-state index in [0.717, 1.165) is 44.7 Å². The molecule has 31 heavy (non-hydrogen) atoms. The molecule has 0 saturated heterocycles. The van der Waals surface area contributed by atoms with Crippen molar-refractivity contribution in [3.05, 3.63) is 82.7 Å². The van der Waals surface area contributed by atoms with Crippen molar-refractivity contribution in [3.63, 3.8) is 0 Å². The van der Waals surface area contributed by atoms with Crippen LogP contribution in [0.25, 0.3) is 44.7 Å². The zero-order valence-electron chi connectivity index (χ0n) is 16.9. The third-order valence-electron chi connectivity index (χ3n) is 5.22. The molecule has 0 aliphatic carbocycles. The zero-order valence-corrected chi connectivity index (χ0v) is 18.4. The van der Waals surface area contributed by atoms with Gasteiger partial charge in [0.1, 0.15) is 11.4 Å². The van der Waals surface area contributed by atoms with Gasteiger partial charge in [-0.1, -0.05) is 35.3 Å². The molecule has 0 saturated carbocycles. The van der Waals surface area contributed by atoms with Gasteiger partial charge in [0.2, 0.25) is 0 Å². The van der Waals surface area contributed by atoms with Crippen LogP contribution < -0.4 is 4.74 Å². The first-order valence-electron chi connectivity index (χ1n) is 9.73. The summed E-state index contributed by atoms with van der Waals surface area (Å²) >= 11 is 12.5. The smallest absolute Gasteiger partial charge is 0.192 e. The lowest BCUT2D eigenvalue weighted by Crippen LogP contribution is -1.87. The van der Waals surface area contributed by atoms with Gasteiger partial charge in [0.15, 0.2) is 11.7 Å². The summed E-state index contributed by atoms with van der Waals surface area (Å²) < 4.78 is 11.5. The average molecular weight is 449 g/mol. The predicted octanol–water partition coefficient (Wildman–Crippen LogP) is 7.78. The highest BCUT2D eigenvalue weighted by Crippen LogP contribution is 2.43. The first-order chi connectivity index (χ1) is 15.0. The lowest BCUT2D eigenvalue weighted by atomic mass is 9.99. The van der Waals surface area contributed by atoms with Crippen LogP contribution in [0.2, 0.25) is 10.0 Å². The lowest BCUT2D eigenvalue weighted by Gasteiger charge is -2.07. The van der Waals surface area contributed by atoms with E-state index in [0.29, 0.717) is 21.7 Å². The number of aromatic nitrogens is 2. The maximum Gasteiger partial charge on any atom is 0.192 e. The number of methoxy groups -OCH3 is 1. The van der Waals surface area contributed by atoms with Crippen molar-refractivity contribution in [3.8, 4) is 39.6 Å². The number of hydrogen-bond acceptors (Lipinski definition) is 3. The molecule has 0 amide bonds. The molecule has 3 aromatic carbocycles. The molecule has 2 aromatic heterocycles. The first-order valence-corrected chi connectivity index (χ1v) is 10.5. The maximum atomic E-state index is 6.36. The molecular weight excluding hydrogens is 431 g/mol. The summed E-state index contributed by atoms with van der Waals surface area (Å²) in [5.41, 5.74) is 5.47. The second-order valence-electron chi connectivity index (χ2n) is 7.21. The van der Waals surface area contributed by atoms with E-state index in [1.54, 1.807) is 7.11 Å². The fraction of sp³-hybridized carbons (Fsp3) is 0.0800. The predicted molar refractivity (Wildman–Crippen MR) is 126 cm³/mol. The van der Waals surface area contributed by atoms with Crippen LogP contribution in [0.1, 0.15) is 5.89 Å². The van der Waals surface area contributed by atoms with Crippen LogP contribution in [0.3, 0.4) is 0 Å². The minimum absolute atomic E-state index is 0.581. The number of aromatic amines is 1. The average Bonchev–Trinajstić information content (AvgIpc) is 3.34. The van der Waals surface area contributed by atoms with Crippen LogP contribution in [-0.2, 0) is 0 Å². The Morgan fingerprint density at radius 2 is 1.55 bits per heavy atom. The number of aryl methyl sites for hydroxylation is 1. The Labute approximate surface area is 189 Å². The van der Waals surface area contributed by atoms with Crippen molar-refractivity contribution in [2.45, 2.75) is 6.92 Å². The third kappa shape index (κ3) is 3.58. The molecule has 0 aliphatic heterocycles. The van der Waals surface area contributed by atoms with Crippen molar-refractivity contribution in [2.24, 2.45) is 0 Å².